The Balaban J connectivity index is 2.28. The molecule has 0 N–H and O–H groups in total. The SMILES string of the molecule is C=C[C@@H]1CC[C@@H]2C(C)=CC(=O)[C@H]12. The van der Waals surface area contributed by atoms with Crippen LogP contribution in [0.1, 0.15) is 19.8 Å². The van der Waals surface area contributed by atoms with Gasteiger partial charge in [0.05, 0.1) is 0 Å². The standard InChI is InChI=1S/C11H14O/c1-3-8-4-5-9-7(2)6-10(12)11(8)9/h3,6,8-9,11H,1,4-5H2,2H3/t8-,9-,11-/m1/s1. The van der Waals surface area contributed by atoms with Gasteiger partial charge in [-0.1, -0.05) is 11.6 Å². The Labute approximate surface area is 73.2 Å². The van der Waals surface area contributed by atoms with Crippen LogP contribution in [0.25, 0.3) is 0 Å². The Kier molecular flexibility index (Phi) is 1.67. The van der Waals surface area contributed by atoms with Crippen LogP contribution in [-0.2, 0) is 4.79 Å². The summed E-state index contributed by atoms with van der Waals surface area (Å²) in [7, 11) is 0. The molecule has 0 unspecified atom stereocenters. The smallest absolute Gasteiger partial charge is 0.159 e. The molecule has 64 valence electrons. The summed E-state index contributed by atoms with van der Waals surface area (Å²) in [5, 5.41) is 0. The van der Waals surface area contributed by atoms with Gasteiger partial charge in [0.25, 0.3) is 0 Å². The Hall–Kier alpha value is -0.850. The number of hydrogen-bond donors (Lipinski definition) is 0. The second kappa shape index (κ2) is 2.58. The lowest BCUT2D eigenvalue weighted by molar-refractivity contribution is -0.118. The summed E-state index contributed by atoms with van der Waals surface area (Å²) in [6, 6.07) is 0. The number of allylic oxidation sites excluding steroid dienone is 3. The number of fused-ring (bicyclic) bond motifs is 1. The zero-order valence-corrected chi connectivity index (χ0v) is 7.42. The first-order valence-corrected chi connectivity index (χ1v) is 4.58. The highest BCUT2D eigenvalue weighted by molar-refractivity contribution is 5.96. The van der Waals surface area contributed by atoms with Crippen molar-refractivity contribution in [3.63, 3.8) is 0 Å². The normalized spacial score (nSPS) is 39.6. The van der Waals surface area contributed by atoms with E-state index in [0.717, 1.165) is 6.42 Å². The largest absolute Gasteiger partial charge is 0.295 e. The minimum absolute atomic E-state index is 0.252. The lowest BCUT2D eigenvalue weighted by Gasteiger charge is -2.13. The molecule has 2 rings (SSSR count). The monoisotopic (exact) mass is 162 g/mol. The van der Waals surface area contributed by atoms with Crippen LogP contribution >= 0.6 is 0 Å². The minimum Gasteiger partial charge on any atom is -0.295 e. The molecule has 0 heterocycles. The predicted octanol–water partition coefficient (Wildman–Crippen LogP) is 2.34. The molecule has 1 saturated carbocycles. The van der Waals surface area contributed by atoms with Crippen molar-refractivity contribution in [1.29, 1.82) is 0 Å². The number of carbonyl (C=O) groups is 1. The van der Waals surface area contributed by atoms with Gasteiger partial charge in [0.15, 0.2) is 5.78 Å². The van der Waals surface area contributed by atoms with Crippen molar-refractivity contribution >= 4 is 5.78 Å². The molecule has 0 radical (unpaired) electrons. The van der Waals surface area contributed by atoms with Crippen molar-refractivity contribution in [2.75, 3.05) is 0 Å². The van der Waals surface area contributed by atoms with Gasteiger partial charge in [-0.2, -0.15) is 0 Å². The van der Waals surface area contributed by atoms with E-state index in [0.29, 0.717) is 17.6 Å². The molecule has 0 spiro atoms. The molecule has 1 fully saturated rings. The van der Waals surface area contributed by atoms with Crippen LogP contribution in [0.2, 0.25) is 0 Å². The fourth-order valence-electron chi connectivity index (χ4n) is 2.64. The van der Waals surface area contributed by atoms with Gasteiger partial charge in [-0.15, -0.1) is 6.58 Å². The molecule has 0 bridgehead atoms. The Morgan fingerprint density at radius 2 is 2.33 bits per heavy atom. The van der Waals surface area contributed by atoms with Crippen molar-refractivity contribution < 1.29 is 4.79 Å². The van der Waals surface area contributed by atoms with E-state index in [1.807, 2.05) is 12.2 Å². The summed E-state index contributed by atoms with van der Waals surface area (Å²) in [6.07, 6.45) is 6.10. The molecule has 0 saturated heterocycles. The van der Waals surface area contributed by atoms with Gasteiger partial charge in [0, 0.05) is 5.92 Å². The van der Waals surface area contributed by atoms with Crippen molar-refractivity contribution in [2.24, 2.45) is 17.8 Å². The van der Waals surface area contributed by atoms with Crippen LogP contribution in [0.5, 0.6) is 0 Å². The fourth-order valence-corrected chi connectivity index (χ4v) is 2.64. The number of carbonyl (C=O) groups excluding carboxylic acids is 1. The number of ketones is 1. The summed E-state index contributed by atoms with van der Waals surface area (Å²) in [6.45, 7) is 5.86. The minimum atomic E-state index is 0.252. The van der Waals surface area contributed by atoms with Crippen LogP contribution < -0.4 is 0 Å². The third-order valence-electron chi connectivity index (χ3n) is 3.29. The Morgan fingerprint density at radius 3 is 3.00 bits per heavy atom. The molecule has 1 heteroatoms. The summed E-state index contributed by atoms with van der Waals surface area (Å²) in [4.78, 5) is 11.5. The van der Waals surface area contributed by atoms with E-state index in [1.54, 1.807) is 0 Å². The van der Waals surface area contributed by atoms with Crippen LogP contribution in [0.4, 0.5) is 0 Å². The molecule has 0 aromatic heterocycles. The van der Waals surface area contributed by atoms with Crippen LogP contribution in [0.15, 0.2) is 24.3 Å². The molecule has 0 aromatic carbocycles. The summed E-state index contributed by atoms with van der Waals surface area (Å²) in [5.74, 6) is 1.57. The van der Waals surface area contributed by atoms with E-state index in [9.17, 15) is 4.79 Å². The zero-order chi connectivity index (χ0) is 8.72. The van der Waals surface area contributed by atoms with Crippen molar-refractivity contribution in [2.45, 2.75) is 19.8 Å². The molecule has 3 atom stereocenters. The van der Waals surface area contributed by atoms with E-state index < -0.39 is 0 Å². The van der Waals surface area contributed by atoms with Crippen molar-refractivity contribution in [3.05, 3.63) is 24.3 Å². The molecule has 0 aromatic rings. The highest BCUT2D eigenvalue weighted by atomic mass is 16.1. The topological polar surface area (TPSA) is 17.1 Å². The molecule has 1 nitrogen and oxygen atoms in total. The number of rotatable bonds is 1. The first-order chi connectivity index (χ1) is 5.74. The van der Waals surface area contributed by atoms with Crippen LogP contribution in [-0.4, -0.2) is 5.78 Å². The third-order valence-corrected chi connectivity index (χ3v) is 3.29. The average Bonchev–Trinajstić information content (AvgIpc) is 2.55. The van der Waals surface area contributed by atoms with Gasteiger partial charge in [-0.3, -0.25) is 4.79 Å². The zero-order valence-electron chi connectivity index (χ0n) is 7.42. The van der Waals surface area contributed by atoms with Gasteiger partial charge < -0.3 is 0 Å². The molecule has 2 aliphatic rings. The van der Waals surface area contributed by atoms with E-state index in [2.05, 4.69) is 13.5 Å². The molecule has 12 heavy (non-hydrogen) atoms. The van der Waals surface area contributed by atoms with Gasteiger partial charge in [-0.05, 0) is 37.7 Å². The van der Waals surface area contributed by atoms with Gasteiger partial charge >= 0.3 is 0 Å². The third kappa shape index (κ3) is 0.889. The van der Waals surface area contributed by atoms with Gasteiger partial charge in [0.2, 0.25) is 0 Å². The fraction of sp³-hybridized carbons (Fsp3) is 0.545. The molecular weight excluding hydrogens is 148 g/mol. The van der Waals surface area contributed by atoms with Gasteiger partial charge in [-0.25, -0.2) is 0 Å². The maximum Gasteiger partial charge on any atom is 0.159 e. The van der Waals surface area contributed by atoms with Crippen LogP contribution in [0, 0.1) is 17.8 Å². The maximum atomic E-state index is 11.5. The highest BCUT2D eigenvalue weighted by Gasteiger charge is 2.42. The van der Waals surface area contributed by atoms with Crippen LogP contribution in [0.3, 0.4) is 0 Å². The molecule has 0 amide bonds. The quantitative estimate of drug-likeness (QED) is 0.541. The second-order valence-corrected chi connectivity index (χ2v) is 3.90. The van der Waals surface area contributed by atoms with E-state index in [1.165, 1.54) is 12.0 Å². The van der Waals surface area contributed by atoms with Crippen molar-refractivity contribution in [3.8, 4) is 0 Å². The lowest BCUT2D eigenvalue weighted by Crippen LogP contribution is -2.16. The maximum absolute atomic E-state index is 11.5. The summed E-state index contributed by atoms with van der Waals surface area (Å²) in [5.41, 5.74) is 1.29. The average molecular weight is 162 g/mol. The lowest BCUT2D eigenvalue weighted by atomic mass is 9.89. The second-order valence-electron chi connectivity index (χ2n) is 3.90. The van der Waals surface area contributed by atoms with E-state index >= 15 is 0 Å². The summed E-state index contributed by atoms with van der Waals surface area (Å²) < 4.78 is 0. The Morgan fingerprint density at radius 1 is 1.58 bits per heavy atom. The molecule has 0 aliphatic heterocycles. The van der Waals surface area contributed by atoms with E-state index in [-0.39, 0.29) is 5.92 Å². The number of hydrogen-bond acceptors (Lipinski definition) is 1. The first kappa shape index (κ1) is 7.78. The Bertz CT molecular complexity index is 262. The van der Waals surface area contributed by atoms with E-state index in [4.69, 9.17) is 0 Å². The van der Waals surface area contributed by atoms with Gasteiger partial charge in [0.1, 0.15) is 0 Å². The molecular formula is C11H14O. The highest BCUT2D eigenvalue weighted by Crippen LogP contribution is 2.45. The summed E-state index contributed by atoms with van der Waals surface area (Å²) >= 11 is 0. The van der Waals surface area contributed by atoms with Crippen molar-refractivity contribution in [1.82, 2.24) is 0 Å². The first-order valence-electron chi connectivity index (χ1n) is 4.58. The molecule has 2 aliphatic carbocycles. The predicted molar refractivity (Wildman–Crippen MR) is 48.7 cm³/mol.